The maximum Gasteiger partial charge on any atom is 0.219 e. The lowest BCUT2D eigenvalue weighted by Gasteiger charge is -2.44. The lowest BCUT2D eigenvalue weighted by atomic mass is 9.95. The first kappa shape index (κ1) is 20.3. The van der Waals surface area contributed by atoms with Crippen LogP contribution in [0.3, 0.4) is 0 Å². The number of ether oxygens (including phenoxy) is 1. The standard InChI is InChI=1S/C16H31NO6/c1-3-4-5-6-7-8-9-17(11(2)19)13-15(21)14(20)12(10-18)23-16(13)22/h12-16,18,20-22H,3-10H2,1-2H3/t12-,13-,14-,15-,16-/m1/s1. The Hall–Kier alpha value is -0.730. The topological polar surface area (TPSA) is 110 Å². The normalized spacial score (nSPS) is 31.1. The second kappa shape index (κ2) is 10.2. The van der Waals surface area contributed by atoms with Crippen LogP contribution in [0.1, 0.15) is 52.4 Å². The van der Waals surface area contributed by atoms with Crippen molar-refractivity contribution in [2.24, 2.45) is 0 Å². The molecule has 0 saturated carbocycles. The Morgan fingerprint density at radius 3 is 2.22 bits per heavy atom. The van der Waals surface area contributed by atoms with Crippen molar-refractivity contribution in [2.45, 2.75) is 83.0 Å². The van der Waals surface area contributed by atoms with Crippen LogP contribution in [0.4, 0.5) is 0 Å². The summed E-state index contributed by atoms with van der Waals surface area (Å²) in [4.78, 5) is 13.2. The molecule has 0 unspecified atom stereocenters. The summed E-state index contributed by atoms with van der Waals surface area (Å²) in [5.41, 5.74) is 0. The van der Waals surface area contributed by atoms with Crippen LogP contribution in [0.2, 0.25) is 0 Å². The zero-order valence-corrected chi connectivity index (χ0v) is 14.1. The molecule has 7 nitrogen and oxygen atoms in total. The summed E-state index contributed by atoms with van der Waals surface area (Å²) in [7, 11) is 0. The summed E-state index contributed by atoms with van der Waals surface area (Å²) in [6.45, 7) is 3.38. The van der Waals surface area contributed by atoms with Gasteiger partial charge in [0.2, 0.25) is 5.91 Å². The summed E-state index contributed by atoms with van der Waals surface area (Å²) in [6, 6.07) is -1.03. The van der Waals surface area contributed by atoms with E-state index in [0.29, 0.717) is 6.54 Å². The van der Waals surface area contributed by atoms with Crippen LogP contribution in [0.25, 0.3) is 0 Å². The predicted molar refractivity (Wildman–Crippen MR) is 84.5 cm³/mol. The number of aliphatic hydroxyl groups is 4. The third kappa shape index (κ3) is 5.69. The van der Waals surface area contributed by atoms with E-state index in [1.807, 2.05) is 0 Å². The Kier molecular flexibility index (Phi) is 9.01. The van der Waals surface area contributed by atoms with E-state index in [4.69, 9.17) is 9.84 Å². The number of carbonyl (C=O) groups is 1. The Labute approximate surface area is 137 Å². The van der Waals surface area contributed by atoms with Gasteiger partial charge in [-0.05, 0) is 6.42 Å². The van der Waals surface area contributed by atoms with Crippen molar-refractivity contribution in [1.82, 2.24) is 4.90 Å². The van der Waals surface area contributed by atoms with E-state index in [1.54, 1.807) is 0 Å². The van der Waals surface area contributed by atoms with Crippen LogP contribution in [0.15, 0.2) is 0 Å². The average molecular weight is 333 g/mol. The predicted octanol–water partition coefficient (Wildman–Crippen LogP) is -0.00470. The van der Waals surface area contributed by atoms with E-state index >= 15 is 0 Å². The van der Waals surface area contributed by atoms with Gasteiger partial charge in [0.15, 0.2) is 6.29 Å². The number of nitrogens with zero attached hydrogens (tertiary/aromatic N) is 1. The van der Waals surface area contributed by atoms with Crippen molar-refractivity contribution < 1.29 is 30.0 Å². The summed E-state index contributed by atoms with van der Waals surface area (Å²) >= 11 is 0. The molecular formula is C16H31NO6. The van der Waals surface area contributed by atoms with Gasteiger partial charge < -0.3 is 30.1 Å². The summed E-state index contributed by atoms with van der Waals surface area (Å²) in [5.74, 6) is -0.292. The summed E-state index contributed by atoms with van der Waals surface area (Å²) in [5, 5.41) is 39.3. The van der Waals surface area contributed by atoms with Crippen LogP contribution in [-0.2, 0) is 9.53 Å². The molecule has 1 fully saturated rings. The van der Waals surface area contributed by atoms with Crippen LogP contribution in [0.5, 0.6) is 0 Å². The zero-order chi connectivity index (χ0) is 17.4. The number of unbranched alkanes of at least 4 members (excludes halogenated alkanes) is 5. The molecule has 1 rings (SSSR count). The molecule has 0 aromatic rings. The minimum atomic E-state index is -1.44. The van der Waals surface area contributed by atoms with Crippen LogP contribution >= 0.6 is 0 Å². The minimum absolute atomic E-state index is 0.292. The lowest BCUT2D eigenvalue weighted by molar-refractivity contribution is -0.270. The Morgan fingerprint density at radius 2 is 1.65 bits per heavy atom. The Balaban J connectivity index is 2.60. The molecule has 0 radical (unpaired) electrons. The smallest absolute Gasteiger partial charge is 0.219 e. The third-order valence-electron chi connectivity index (χ3n) is 4.38. The maximum atomic E-state index is 11.9. The lowest BCUT2D eigenvalue weighted by Crippen LogP contribution is -2.65. The van der Waals surface area contributed by atoms with Gasteiger partial charge in [0.1, 0.15) is 24.4 Å². The molecule has 7 heteroatoms. The van der Waals surface area contributed by atoms with Gasteiger partial charge >= 0.3 is 0 Å². The molecule has 136 valence electrons. The first-order valence-corrected chi connectivity index (χ1v) is 8.51. The fourth-order valence-electron chi connectivity index (χ4n) is 3.00. The number of amides is 1. The summed E-state index contributed by atoms with van der Waals surface area (Å²) in [6.07, 6.45) is 1.13. The second-order valence-electron chi connectivity index (χ2n) is 6.20. The molecule has 1 heterocycles. The van der Waals surface area contributed by atoms with Gasteiger partial charge in [-0.25, -0.2) is 0 Å². The second-order valence-corrected chi connectivity index (χ2v) is 6.20. The number of rotatable bonds is 9. The number of carbonyl (C=O) groups excluding carboxylic acids is 1. The highest BCUT2D eigenvalue weighted by Gasteiger charge is 2.46. The van der Waals surface area contributed by atoms with Crippen molar-refractivity contribution in [1.29, 1.82) is 0 Å². The van der Waals surface area contributed by atoms with E-state index in [2.05, 4.69) is 6.92 Å². The highest BCUT2D eigenvalue weighted by Crippen LogP contribution is 2.24. The largest absolute Gasteiger partial charge is 0.394 e. The fraction of sp³-hybridized carbons (Fsp3) is 0.938. The van der Waals surface area contributed by atoms with Crippen LogP contribution in [0, 0.1) is 0 Å². The van der Waals surface area contributed by atoms with E-state index < -0.39 is 37.3 Å². The van der Waals surface area contributed by atoms with Gasteiger partial charge in [0.25, 0.3) is 0 Å². The van der Waals surface area contributed by atoms with Gasteiger partial charge in [-0.1, -0.05) is 39.0 Å². The molecule has 1 aliphatic heterocycles. The molecule has 0 bridgehead atoms. The first-order chi connectivity index (χ1) is 10.9. The first-order valence-electron chi connectivity index (χ1n) is 8.51. The highest BCUT2D eigenvalue weighted by molar-refractivity contribution is 5.73. The molecule has 0 aromatic carbocycles. The molecule has 1 saturated heterocycles. The van der Waals surface area contributed by atoms with Crippen LogP contribution in [-0.4, -0.2) is 75.0 Å². The molecule has 23 heavy (non-hydrogen) atoms. The SMILES string of the molecule is CCCCCCCCN(C(C)=O)[C@@H]1[C@@H](O)[C@H](O)[C@@H](CO)O[C@H]1O. The van der Waals surface area contributed by atoms with Gasteiger partial charge in [-0.15, -0.1) is 0 Å². The summed E-state index contributed by atoms with van der Waals surface area (Å²) < 4.78 is 5.12. The van der Waals surface area contributed by atoms with Gasteiger partial charge in [0, 0.05) is 13.5 Å². The molecule has 0 spiro atoms. The Morgan fingerprint density at radius 1 is 1.04 bits per heavy atom. The van der Waals surface area contributed by atoms with E-state index in [0.717, 1.165) is 25.7 Å². The van der Waals surface area contributed by atoms with Crippen molar-refractivity contribution >= 4 is 5.91 Å². The third-order valence-corrected chi connectivity index (χ3v) is 4.38. The van der Waals surface area contributed by atoms with E-state index in [1.165, 1.54) is 24.7 Å². The molecule has 5 atom stereocenters. The highest BCUT2D eigenvalue weighted by atomic mass is 16.6. The van der Waals surface area contributed by atoms with Gasteiger partial charge in [-0.3, -0.25) is 4.79 Å². The Bertz CT molecular complexity index is 353. The molecule has 1 aliphatic rings. The van der Waals surface area contributed by atoms with E-state index in [9.17, 15) is 20.1 Å². The number of hydrogen-bond acceptors (Lipinski definition) is 6. The van der Waals surface area contributed by atoms with E-state index in [-0.39, 0.29) is 5.91 Å². The van der Waals surface area contributed by atoms with Crippen molar-refractivity contribution in [2.75, 3.05) is 13.2 Å². The number of aliphatic hydroxyl groups excluding tert-OH is 4. The zero-order valence-electron chi connectivity index (χ0n) is 14.1. The minimum Gasteiger partial charge on any atom is -0.394 e. The molecule has 0 aromatic heterocycles. The molecular weight excluding hydrogens is 302 g/mol. The average Bonchev–Trinajstić information content (AvgIpc) is 2.52. The quantitative estimate of drug-likeness (QED) is 0.442. The van der Waals surface area contributed by atoms with Gasteiger partial charge in [0.05, 0.1) is 6.61 Å². The number of hydrogen-bond donors (Lipinski definition) is 4. The van der Waals surface area contributed by atoms with Gasteiger partial charge in [-0.2, -0.15) is 0 Å². The fourth-order valence-corrected chi connectivity index (χ4v) is 3.00. The van der Waals surface area contributed by atoms with Crippen molar-refractivity contribution in [3.8, 4) is 0 Å². The maximum absolute atomic E-state index is 11.9. The monoisotopic (exact) mass is 333 g/mol. The molecule has 0 aliphatic carbocycles. The molecule has 4 N–H and O–H groups in total. The van der Waals surface area contributed by atoms with Crippen LogP contribution < -0.4 is 0 Å². The molecule has 1 amide bonds. The van der Waals surface area contributed by atoms with Crippen molar-refractivity contribution in [3.63, 3.8) is 0 Å². The van der Waals surface area contributed by atoms with Crippen molar-refractivity contribution in [3.05, 3.63) is 0 Å².